The van der Waals surface area contributed by atoms with Crippen molar-refractivity contribution in [2.75, 3.05) is 6.67 Å². The van der Waals surface area contributed by atoms with Gasteiger partial charge in [-0.1, -0.05) is 38.5 Å². The number of rotatable bonds is 2. The van der Waals surface area contributed by atoms with E-state index < -0.39 is 0 Å². The number of carbonyl (C=O) groups excluding carboxylic acids is 2. The molecule has 0 bridgehead atoms. The van der Waals surface area contributed by atoms with Gasteiger partial charge in [0.1, 0.15) is 0 Å². The Morgan fingerprint density at radius 1 is 0.714 bits per heavy atom. The minimum absolute atomic E-state index is 0.0359. The molecule has 2 rings (SSSR count). The van der Waals surface area contributed by atoms with Gasteiger partial charge in [0.2, 0.25) is 12.2 Å². The van der Waals surface area contributed by atoms with Crippen molar-refractivity contribution in [1.82, 2.24) is 0 Å². The third-order valence-corrected chi connectivity index (χ3v) is 3.42. The van der Waals surface area contributed by atoms with Crippen LogP contribution in [0.25, 0.3) is 0 Å². The van der Waals surface area contributed by atoms with Crippen LogP contribution in [0.2, 0.25) is 0 Å². The van der Waals surface area contributed by atoms with Gasteiger partial charge in [-0.25, -0.2) is 9.59 Å². The molecule has 0 amide bonds. The van der Waals surface area contributed by atoms with Gasteiger partial charge >= 0.3 is 0 Å². The topological polar surface area (TPSA) is 99.3 Å². The van der Waals surface area contributed by atoms with Crippen molar-refractivity contribution in [3.8, 4) is 0 Å². The zero-order chi connectivity index (χ0) is 15.8. The largest absolute Gasteiger partial charge is 0.393 e. The summed E-state index contributed by atoms with van der Waals surface area (Å²) in [7, 11) is 0. The molecule has 0 unspecified atom stereocenters. The van der Waals surface area contributed by atoms with Crippen molar-refractivity contribution in [3.63, 3.8) is 0 Å². The highest BCUT2D eigenvalue weighted by Gasteiger charge is 2.08. The van der Waals surface area contributed by atoms with E-state index in [-0.39, 0.29) is 18.9 Å². The van der Waals surface area contributed by atoms with Crippen LogP contribution in [-0.2, 0) is 9.59 Å². The Kier molecular flexibility index (Phi) is 14.1. The van der Waals surface area contributed by atoms with Gasteiger partial charge in [0.05, 0.1) is 12.2 Å². The van der Waals surface area contributed by atoms with Gasteiger partial charge in [-0.3, -0.25) is 0 Å². The van der Waals surface area contributed by atoms with Gasteiger partial charge in [0, 0.05) is 0 Å². The fraction of sp³-hybridized carbons (Fsp3) is 0.867. The first kappa shape index (κ1) is 19.7. The number of isocyanates is 2. The van der Waals surface area contributed by atoms with Crippen LogP contribution in [-0.4, -0.2) is 41.2 Å². The van der Waals surface area contributed by atoms with Crippen molar-refractivity contribution < 1.29 is 19.8 Å². The maximum Gasteiger partial charge on any atom is 0.236 e. The van der Waals surface area contributed by atoms with E-state index in [1.54, 1.807) is 0 Å². The second kappa shape index (κ2) is 15.1. The molecule has 2 aliphatic rings. The fourth-order valence-electron chi connectivity index (χ4n) is 2.26. The number of hydrogen-bond acceptors (Lipinski definition) is 6. The lowest BCUT2D eigenvalue weighted by Gasteiger charge is -2.14. The smallest absolute Gasteiger partial charge is 0.236 e. The maximum absolute atomic E-state index is 9.20. The Balaban J connectivity index is 0.000000286. The van der Waals surface area contributed by atoms with E-state index in [9.17, 15) is 9.59 Å². The first-order chi connectivity index (χ1) is 10.2. The van der Waals surface area contributed by atoms with Crippen LogP contribution in [0.1, 0.15) is 64.2 Å². The molecule has 21 heavy (non-hydrogen) atoms. The molecule has 0 heterocycles. The first-order valence-corrected chi connectivity index (χ1v) is 7.64. The third kappa shape index (κ3) is 14.9. The monoisotopic (exact) mass is 298 g/mol. The van der Waals surface area contributed by atoms with Gasteiger partial charge in [0.15, 0.2) is 6.67 Å². The molecule has 2 fully saturated rings. The minimum atomic E-state index is -0.160. The molecule has 2 saturated carbocycles. The highest BCUT2D eigenvalue weighted by Crippen LogP contribution is 2.16. The van der Waals surface area contributed by atoms with Crippen LogP contribution >= 0.6 is 0 Å². The Morgan fingerprint density at radius 2 is 1.05 bits per heavy atom. The third-order valence-electron chi connectivity index (χ3n) is 3.42. The minimum Gasteiger partial charge on any atom is -0.393 e. The van der Waals surface area contributed by atoms with E-state index >= 15 is 0 Å². The number of hydrogen-bond donors (Lipinski definition) is 2. The maximum atomic E-state index is 9.20. The zero-order valence-electron chi connectivity index (χ0n) is 12.5. The predicted octanol–water partition coefficient (Wildman–Crippen LogP) is 2.24. The predicted molar refractivity (Wildman–Crippen MR) is 79.3 cm³/mol. The van der Waals surface area contributed by atoms with Crippen molar-refractivity contribution in [3.05, 3.63) is 0 Å². The molecule has 0 aromatic heterocycles. The standard InChI is InChI=1S/2C6H12O.C3H2N2O2/c2*7-6-4-2-1-3-5-6;6-2-4-1-5-3-7/h2*6-7H,1-5H2;1H2. The van der Waals surface area contributed by atoms with Crippen molar-refractivity contribution in [1.29, 1.82) is 0 Å². The summed E-state index contributed by atoms with van der Waals surface area (Å²) in [5, 5.41) is 17.8. The Morgan fingerprint density at radius 3 is 1.24 bits per heavy atom. The molecule has 120 valence electrons. The molecule has 0 atom stereocenters. The zero-order valence-corrected chi connectivity index (χ0v) is 12.5. The lowest BCUT2D eigenvalue weighted by Crippen LogP contribution is -2.09. The van der Waals surface area contributed by atoms with E-state index in [4.69, 9.17) is 10.2 Å². The van der Waals surface area contributed by atoms with E-state index in [2.05, 4.69) is 9.98 Å². The molecule has 0 radical (unpaired) electrons. The van der Waals surface area contributed by atoms with Crippen LogP contribution in [0.3, 0.4) is 0 Å². The molecule has 0 spiro atoms. The van der Waals surface area contributed by atoms with Crippen LogP contribution < -0.4 is 0 Å². The molecule has 0 saturated heterocycles. The van der Waals surface area contributed by atoms with Crippen molar-refractivity contribution >= 4 is 12.2 Å². The van der Waals surface area contributed by atoms with E-state index in [1.165, 1.54) is 50.7 Å². The van der Waals surface area contributed by atoms with Crippen LogP contribution in [0, 0.1) is 0 Å². The highest BCUT2D eigenvalue weighted by atomic mass is 16.3. The molecule has 0 aromatic carbocycles. The first-order valence-electron chi connectivity index (χ1n) is 7.64. The molecule has 2 aliphatic carbocycles. The van der Waals surface area contributed by atoms with Gasteiger partial charge in [-0.05, 0) is 25.7 Å². The van der Waals surface area contributed by atoms with Crippen LogP contribution in [0.4, 0.5) is 0 Å². The molecule has 0 aromatic rings. The molecule has 0 aliphatic heterocycles. The number of nitrogens with zero attached hydrogens (tertiary/aromatic N) is 2. The Hall–Kier alpha value is -1.32. The van der Waals surface area contributed by atoms with E-state index in [0.717, 1.165) is 25.7 Å². The summed E-state index contributed by atoms with van der Waals surface area (Å²) in [4.78, 5) is 24.2. The number of aliphatic hydroxyl groups is 2. The highest BCUT2D eigenvalue weighted by molar-refractivity contribution is 5.35. The quantitative estimate of drug-likeness (QED) is 0.603. The SMILES string of the molecule is O=C=NCN=C=O.OC1CCCCC1.OC1CCCCC1. The van der Waals surface area contributed by atoms with Gasteiger partial charge in [0.25, 0.3) is 0 Å². The van der Waals surface area contributed by atoms with Crippen molar-refractivity contribution in [2.45, 2.75) is 76.4 Å². The summed E-state index contributed by atoms with van der Waals surface area (Å²) in [6.45, 7) is -0.160. The second-order valence-electron chi connectivity index (χ2n) is 5.22. The summed E-state index contributed by atoms with van der Waals surface area (Å²) in [6, 6.07) is 0. The Bertz CT molecular complexity index is 293. The normalized spacial score (nSPS) is 18.8. The van der Waals surface area contributed by atoms with Crippen molar-refractivity contribution in [2.24, 2.45) is 9.98 Å². The summed E-state index contributed by atoms with van der Waals surface area (Å²) < 4.78 is 0. The summed E-state index contributed by atoms with van der Waals surface area (Å²) in [5.74, 6) is 0. The van der Waals surface area contributed by atoms with Crippen LogP contribution in [0.15, 0.2) is 9.98 Å². The number of aliphatic hydroxyl groups excluding tert-OH is 2. The summed E-state index contributed by atoms with van der Waals surface area (Å²) in [6.07, 6.45) is 14.3. The van der Waals surface area contributed by atoms with Gasteiger partial charge in [-0.2, -0.15) is 9.98 Å². The average Bonchev–Trinajstić information content (AvgIpc) is 2.51. The average molecular weight is 298 g/mol. The van der Waals surface area contributed by atoms with Crippen LogP contribution in [0.5, 0.6) is 0 Å². The molecule has 6 heteroatoms. The Labute approximate surface area is 126 Å². The number of aliphatic imine (C=N–C) groups is 2. The molecular weight excluding hydrogens is 272 g/mol. The molecule has 6 nitrogen and oxygen atoms in total. The van der Waals surface area contributed by atoms with E-state index in [1.807, 2.05) is 0 Å². The lowest BCUT2D eigenvalue weighted by molar-refractivity contribution is 0.130. The second-order valence-corrected chi connectivity index (χ2v) is 5.22. The van der Waals surface area contributed by atoms with Gasteiger partial charge in [-0.15, -0.1) is 0 Å². The summed E-state index contributed by atoms with van der Waals surface area (Å²) >= 11 is 0. The van der Waals surface area contributed by atoms with E-state index in [0.29, 0.717) is 0 Å². The molecular formula is C15H26N2O4. The summed E-state index contributed by atoms with van der Waals surface area (Å²) in [5.41, 5.74) is 0. The lowest BCUT2D eigenvalue weighted by atomic mass is 9.98. The van der Waals surface area contributed by atoms with Gasteiger partial charge < -0.3 is 10.2 Å². The molecule has 2 N–H and O–H groups in total. The fourth-order valence-corrected chi connectivity index (χ4v) is 2.26.